The van der Waals surface area contributed by atoms with Gasteiger partial charge in [0.2, 0.25) is 0 Å². The molecular weight excluding hydrogens is 400 g/mol. The van der Waals surface area contributed by atoms with Crippen molar-refractivity contribution in [3.63, 3.8) is 0 Å². The maximum Gasteiger partial charge on any atom is 0.392 e. The summed E-state index contributed by atoms with van der Waals surface area (Å²) >= 11 is 0. The summed E-state index contributed by atoms with van der Waals surface area (Å²) in [5.74, 6) is -3.05. The largest absolute Gasteiger partial charge is 0.506 e. The molecule has 146 valence electrons. The van der Waals surface area contributed by atoms with Gasteiger partial charge in [-0.1, -0.05) is 0 Å². The van der Waals surface area contributed by atoms with E-state index in [0.29, 0.717) is 4.31 Å². The molecule has 1 fully saturated rings. The lowest BCUT2D eigenvalue weighted by molar-refractivity contribution is -0.139. The van der Waals surface area contributed by atoms with Crippen LogP contribution in [0.15, 0.2) is 12.3 Å². The molecule has 9 nitrogen and oxygen atoms in total. The summed E-state index contributed by atoms with van der Waals surface area (Å²) in [4.78, 5) is 18.5. The van der Waals surface area contributed by atoms with Crippen molar-refractivity contribution in [2.45, 2.75) is 12.6 Å². The smallest absolute Gasteiger partial charge is 0.392 e. The Kier molecular flexibility index (Phi) is 4.45. The predicted octanol–water partition coefficient (Wildman–Crippen LogP) is 0.987. The maximum absolute atomic E-state index is 14.8. The molecule has 2 aromatic rings. The Hall–Kier alpha value is -2.90. The van der Waals surface area contributed by atoms with Crippen LogP contribution in [0.2, 0.25) is 0 Å². The van der Waals surface area contributed by atoms with E-state index in [-0.39, 0.29) is 5.39 Å². The number of halogens is 4. The van der Waals surface area contributed by atoms with Crippen molar-refractivity contribution in [3.05, 3.63) is 18.1 Å². The molecule has 0 saturated carbocycles. The molecule has 1 saturated heterocycles. The first kappa shape index (κ1) is 18.9. The van der Waals surface area contributed by atoms with E-state index in [2.05, 4.69) is 9.97 Å². The van der Waals surface area contributed by atoms with Crippen molar-refractivity contribution in [3.8, 4) is 11.8 Å². The number of alkyl halides is 3. The maximum atomic E-state index is 14.8. The van der Waals surface area contributed by atoms with Gasteiger partial charge < -0.3 is 9.84 Å². The monoisotopic (exact) mass is 410 g/mol. The van der Waals surface area contributed by atoms with E-state index in [1.165, 1.54) is 0 Å². The summed E-state index contributed by atoms with van der Waals surface area (Å²) < 4.78 is 81.6. The number of phenolic OH excluding ortho intramolecular Hbond substituents is 1. The van der Waals surface area contributed by atoms with Gasteiger partial charge in [-0.3, -0.25) is 4.79 Å². The quantitative estimate of drug-likeness (QED) is 0.721. The van der Waals surface area contributed by atoms with Crippen LogP contribution in [-0.4, -0.2) is 48.7 Å². The van der Waals surface area contributed by atoms with Crippen molar-refractivity contribution in [1.82, 2.24) is 14.7 Å². The molecule has 14 heteroatoms. The number of phenols is 1. The summed E-state index contributed by atoms with van der Waals surface area (Å²) in [6, 6.07) is 0.381. The number of anilines is 1. The van der Waals surface area contributed by atoms with Crippen LogP contribution in [0.25, 0.3) is 10.9 Å². The van der Waals surface area contributed by atoms with Crippen molar-refractivity contribution in [1.29, 1.82) is 0 Å². The second kappa shape index (κ2) is 6.37. The van der Waals surface area contributed by atoms with Crippen molar-refractivity contribution >= 4 is 32.7 Å². The van der Waals surface area contributed by atoms with E-state index in [4.69, 9.17) is 4.74 Å². The molecule has 1 aliphatic rings. The number of nitrogens with one attached hydrogen (secondary N) is 1. The van der Waals surface area contributed by atoms with Crippen LogP contribution >= 0.6 is 0 Å². The zero-order valence-electron chi connectivity index (χ0n) is 13.1. The van der Waals surface area contributed by atoms with E-state index < -0.39 is 70.6 Å². The fourth-order valence-corrected chi connectivity index (χ4v) is 3.47. The highest BCUT2D eigenvalue weighted by atomic mass is 32.2. The van der Waals surface area contributed by atoms with E-state index in [9.17, 15) is 35.9 Å². The van der Waals surface area contributed by atoms with Crippen molar-refractivity contribution < 1.29 is 40.6 Å². The lowest BCUT2D eigenvalue weighted by Gasteiger charge is -2.17. The fraction of sp³-hybridized carbons (Fsp3) is 0.308. The summed E-state index contributed by atoms with van der Waals surface area (Å²) in [6.45, 7) is -1.57. The second-order valence-corrected chi connectivity index (χ2v) is 6.99. The Labute approximate surface area is 148 Å². The number of hydrogen-bond acceptors (Lipinski definition) is 7. The van der Waals surface area contributed by atoms with E-state index in [0.717, 1.165) is 12.3 Å². The molecule has 2 N–H and O–H groups in total. The highest BCUT2D eigenvalue weighted by molar-refractivity contribution is 7.92. The number of ether oxygens (including phenoxy) is 1. The molecule has 0 unspecified atom stereocenters. The van der Waals surface area contributed by atoms with Gasteiger partial charge in [0.25, 0.3) is 5.91 Å². The summed E-state index contributed by atoms with van der Waals surface area (Å²) in [5.41, 5.74) is -1.34. The SMILES string of the molecule is O=C1CN(c2c(O)cc3cnc(OCCC(F)(F)F)nc3c2F)S(=O)(=O)N1. The average Bonchev–Trinajstić information content (AvgIpc) is 2.79. The number of amides is 1. The first-order valence-corrected chi connectivity index (χ1v) is 8.63. The van der Waals surface area contributed by atoms with Crippen LogP contribution in [0.4, 0.5) is 23.2 Å². The fourth-order valence-electron chi connectivity index (χ4n) is 2.31. The Morgan fingerprint density at radius 2 is 2.07 bits per heavy atom. The van der Waals surface area contributed by atoms with Gasteiger partial charge in [0, 0.05) is 11.6 Å². The first-order valence-electron chi connectivity index (χ1n) is 7.19. The number of hydrogen-bond donors (Lipinski definition) is 2. The molecule has 2 heterocycles. The third-order valence-corrected chi connectivity index (χ3v) is 4.81. The van der Waals surface area contributed by atoms with Gasteiger partial charge in [0.15, 0.2) is 5.82 Å². The van der Waals surface area contributed by atoms with Crippen LogP contribution in [0.5, 0.6) is 11.8 Å². The Bertz CT molecular complexity index is 1030. The lowest BCUT2D eigenvalue weighted by atomic mass is 10.2. The van der Waals surface area contributed by atoms with Crippen LogP contribution in [0.1, 0.15) is 6.42 Å². The second-order valence-electron chi connectivity index (χ2n) is 5.40. The Morgan fingerprint density at radius 3 is 2.67 bits per heavy atom. The Morgan fingerprint density at radius 1 is 1.37 bits per heavy atom. The molecule has 1 aromatic heterocycles. The van der Waals surface area contributed by atoms with Gasteiger partial charge in [0.05, 0.1) is 6.42 Å². The highest BCUT2D eigenvalue weighted by Crippen LogP contribution is 2.37. The van der Waals surface area contributed by atoms with Crippen LogP contribution < -0.4 is 13.8 Å². The molecule has 0 aliphatic carbocycles. The number of benzene rings is 1. The van der Waals surface area contributed by atoms with E-state index in [1.807, 2.05) is 0 Å². The van der Waals surface area contributed by atoms with E-state index in [1.54, 1.807) is 4.72 Å². The molecule has 27 heavy (non-hydrogen) atoms. The van der Waals surface area contributed by atoms with Gasteiger partial charge >= 0.3 is 22.4 Å². The lowest BCUT2D eigenvalue weighted by Crippen LogP contribution is -2.30. The van der Waals surface area contributed by atoms with Crippen LogP contribution in [0.3, 0.4) is 0 Å². The van der Waals surface area contributed by atoms with E-state index >= 15 is 0 Å². The first-order chi connectivity index (χ1) is 12.5. The number of carbonyl (C=O) groups excluding carboxylic acids is 1. The highest BCUT2D eigenvalue weighted by Gasteiger charge is 2.38. The third-order valence-electron chi connectivity index (χ3n) is 3.43. The van der Waals surface area contributed by atoms with Gasteiger partial charge in [-0.15, -0.1) is 0 Å². The van der Waals surface area contributed by atoms with Crippen LogP contribution in [0, 0.1) is 5.82 Å². The molecular formula is C13H10F4N4O5S. The Balaban J connectivity index is 2.00. The number of nitrogens with zero attached hydrogens (tertiary/aromatic N) is 3. The van der Waals surface area contributed by atoms with Gasteiger partial charge in [-0.2, -0.15) is 26.6 Å². The summed E-state index contributed by atoms with van der Waals surface area (Å²) in [5, 5.41) is 9.91. The number of rotatable bonds is 4. The van der Waals surface area contributed by atoms with Gasteiger partial charge in [-0.05, 0) is 6.07 Å². The molecule has 1 aliphatic heterocycles. The molecule has 0 spiro atoms. The molecule has 0 atom stereocenters. The number of carbonyl (C=O) groups is 1. The van der Waals surface area contributed by atoms with Crippen molar-refractivity contribution in [2.75, 3.05) is 17.5 Å². The van der Waals surface area contributed by atoms with Crippen molar-refractivity contribution in [2.24, 2.45) is 0 Å². The summed E-state index contributed by atoms with van der Waals surface area (Å²) in [7, 11) is -4.41. The van der Waals surface area contributed by atoms with Gasteiger partial charge in [-0.25, -0.2) is 18.4 Å². The van der Waals surface area contributed by atoms with Crippen LogP contribution in [-0.2, 0) is 15.0 Å². The zero-order valence-corrected chi connectivity index (χ0v) is 13.9. The molecule has 1 amide bonds. The summed E-state index contributed by atoms with van der Waals surface area (Å²) in [6.07, 6.45) is -4.76. The normalized spacial score (nSPS) is 16.6. The molecule has 3 rings (SSSR count). The molecule has 0 bridgehead atoms. The minimum Gasteiger partial charge on any atom is -0.506 e. The minimum atomic E-state index is -4.47. The predicted molar refractivity (Wildman–Crippen MR) is 81.7 cm³/mol. The average molecular weight is 410 g/mol. The topological polar surface area (TPSA) is 122 Å². The standard InChI is InChI=1S/C13H10F4N4O5S/c14-9-10-6(4-18-12(19-10)26-2-1-13(15,16)17)3-7(22)11(9)21-5-8(23)20-27(21,24)25/h3-4,22H,1-2,5H2,(H,20,23). The number of aromatic nitrogens is 2. The molecule has 1 aromatic carbocycles. The number of fused-ring (bicyclic) bond motifs is 1. The van der Waals surface area contributed by atoms with Gasteiger partial charge in [0.1, 0.15) is 30.1 Å². The number of aromatic hydroxyl groups is 1. The zero-order chi connectivity index (χ0) is 20.0. The minimum absolute atomic E-state index is 0.0622. The molecule has 0 radical (unpaired) electrons. The third kappa shape index (κ3) is 3.79.